The molecule has 0 saturated heterocycles. The van der Waals surface area contributed by atoms with Gasteiger partial charge < -0.3 is 5.73 Å². The van der Waals surface area contributed by atoms with Crippen molar-refractivity contribution >= 4 is 11.6 Å². The SMILES string of the molecule is Cc1cc2c(cc1Cl)C(N)CC2. The summed E-state index contributed by atoms with van der Waals surface area (Å²) in [6, 6.07) is 4.38. The highest BCUT2D eigenvalue weighted by Gasteiger charge is 2.19. The van der Waals surface area contributed by atoms with Gasteiger partial charge >= 0.3 is 0 Å². The molecule has 0 bridgehead atoms. The first-order chi connectivity index (χ1) is 5.68. The summed E-state index contributed by atoms with van der Waals surface area (Å²) in [6.07, 6.45) is 2.17. The number of aryl methyl sites for hydroxylation is 2. The molecule has 1 atom stereocenters. The molecule has 2 N–H and O–H groups in total. The highest BCUT2D eigenvalue weighted by molar-refractivity contribution is 6.31. The van der Waals surface area contributed by atoms with Crippen molar-refractivity contribution in [1.29, 1.82) is 0 Å². The third kappa shape index (κ3) is 1.13. The average Bonchev–Trinajstić information content (AvgIpc) is 2.35. The number of fused-ring (bicyclic) bond motifs is 1. The standard InChI is InChI=1S/C10H12ClN/c1-6-4-7-2-3-10(12)8(7)5-9(6)11/h4-5,10H,2-3,12H2,1H3. The molecule has 0 amide bonds. The fourth-order valence-electron chi connectivity index (χ4n) is 1.78. The van der Waals surface area contributed by atoms with E-state index < -0.39 is 0 Å². The Morgan fingerprint density at radius 1 is 1.50 bits per heavy atom. The van der Waals surface area contributed by atoms with Crippen molar-refractivity contribution in [3.05, 3.63) is 33.8 Å². The fraction of sp³-hybridized carbons (Fsp3) is 0.400. The first-order valence-corrected chi connectivity index (χ1v) is 4.61. The molecule has 1 unspecified atom stereocenters. The molecule has 0 aliphatic heterocycles. The molecule has 2 rings (SSSR count). The topological polar surface area (TPSA) is 26.0 Å². The van der Waals surface area contributed by atoms with Crippen LogP contribution in [0, 0.1) is 6.92 Å². The van der Waals surface area contributed by atoms with Crippen LogP contribution < -0.4 is 5.73 Å². The molecule has 2 heteroatoms. The lowest BCUT2D eigenvalue weighted by molar-refractivity contribution is 0.713. The zero-order chi connectivity index (χ0) is 8.72. The predicted octanol–water partition coefficient (Wildman–Crippen LogP) is 2.59. The Balaban J connectivity index is 2.56. The molecule has 1 aliphatic rings. The second-order valence-electron chi connectivity index (χ2n) is 3.45. The largest absolute Gasteiger partial charge is 0.324 e. The Morgan fingerprint density at radius 2 is 2.25 bits per heavy atom. The van der Waals surface area contributed by atoms with Gasteiger partial charge in [-0.2, -0.15) is 0 Å². The predicted molar refractivity (Wildman–Crippen MR) is 51.4 cm³/mol. The van der Waals surface area contributed by atoms with Crippen LogP contribution in [0.4, 0.5) is 0 Å². The van der Waals surface area contributed by atoms with Crippen LogP contribution in [0.1, 0.15) is 29.2 Å². The van der Waals surface area contributed by atoms with Crippen LogP contribution in [-0.2, 0) is 6.42 Å². The van der Waals surface area contributed by atoms with Gasteiger partial charge in [0.2, 0.25) is 0 Å². The van der Waals surface area contributed by atoms with Crippen LogP contribution in [-0.4, -0.2) is 0 Å². The molecule has 1 aliphatic carbocycles. The monoisotopic (exact) mass is 181 g/mol. The number of hydrogen-bond donors (Lipinski definition) is 1. The minimum absolute atomic E-state index is 0.207. The van der Waals surface area contributed by atoms with Crippen LogP contribution in [0.3, 0.4) is 0 Å². The minimum Gasteiger partial charge on any atom is -0.324 e. The summed E-state index contributed by atoms with van der Waals surface area (Å²) < 4.78 is 0. The van der Waals surface area contributed by atoms with Gasteiger partial charge in [0.25, 0.3) is 0 Å². The lowest BCUT2D eigenvalue weighted by Gasteiger charge is -2.06. The van der Waals surface area contributed by atoms with Crippen molar-refractivity contribution in [2.45, 2.75) is 25.8 Å². The lowest BCUT2D eigenvalue weighted by Crippen LogP contribution is -2.05. The number of benzene rings is 1. The average molecular weight is 182 g/mol. The molecular weight excluding hydrogens is 170 g/mol. The third-order valence-corrected chi connectivity index (χ3v) is 2.95. The van der Waals surface area contributed by atoms with Crippen LogP contribution in [0.25, 0.3) is 0 Å². The summed E-state index contributed by atoms with van der Waals surface area (Å²) in [5.74, 6) is 0. The maximum absolute atomic E-state index is 6.00. The number of hydrogen-bond acceptors (Lipinski definition) is 1. The first kappa shape index (κ1) is 8.09. The van der Waals surface area contributed by atoms with E-state index in [0.29, 0.717) is 0 Å². The molecule has 12 heavy (non-hydrogen) atoms. The molecule has 1 aromatic carbocycles. The molecule has 0 aromatic heterocycles. The lowest BCUT2D eigenvalue weighted by atomic mass is 10.1. The maximum atomic E-state index is 6.00. The minimum atomic E-state index is 0.207. The van der Waals surface area contributed by atoms with Crippen molar-refractivity contribution in [1.82, 2.24) is 0 Å². The van der Waals surface area contributed by atoms with E-state index in [4.69, 9.17) is 17.3 Å². The quantitative estimate of drug-likeness (QED) is 0.654. The van der Waals surface area contributed by atoms with E-state index in [1.54, 1.807) is 0 Å². The molecule has 1 aromatic rings. The second-order valence-corrected chi connectivity index (χ2v) is 3.85. The summed E-state index contributed by atoms with van der Waals surface area (Å²) in [4.78, 5) is 0. The van der Waals surface area contributed by atoms with E-state index >= 15 is 0 Å². The van der Waals surface area contributed by atoms with Gasteiger partial charge in [0.15, 0.2) is 0 Å². The molecule has 0 heterocycles. The maximum Gasteiger partial charge on any atom is 0.0438 e. The van der Waals surface area contributed by atoms with E-state index in [0.717, 1.165) is 23.4 Å². The molecule has 64 valence electrons. The van der Waals surface area contributed by atoms with Crippen molar-refractivity contribution in [3.8, 4) is 0 Å². The van der Waals surface area contributed by atoms with Crippen LogP contribution in [0.2, 0.25) is 5.02 Å². The summed E-state index contributed by atoms with van der Waals surface area (Å²) in [5.41, 5.74) is 9.68. The smallest absolute Gasteiger partial charge is 0.0438 e. The molecule has 0 radical (unpaired) electrons. The summed E-state index contributed by atoms with van der Waals surface area (Å²) in [6.45, 7) is 2.03. The zero-order valence-electron chi connectivity index (χ0n) is 7.10. The van der Waals surface area contributed by atoms with E-state index in [-0.39, 0.29) is 6.04 Å². The first-order valence-electron chi connectivity index (χ1n) is 4.23. The van der Waals surface area contributed by atoms with Crippen LogP contribution in [0.5, 0.6) is 0 Å². The number of rotatable bonds is 0. The van der Waals surface area contributed by atoms with Crippen molar-refractivity contribution in [3.63, 3.8) is 0 Å². The van der Waals surface area contributed by atoms with E-state index in [1.165, 1.54) is 11.1 Å². The highest BCUT2D eigenvalue weighted by Crippen LogP contribution is 2.32. The van der Waals surface area contributed by atoms with Crippen molar-refractivity contribution < 1.29 is 0 Å². The van der Waals surface area contributed by atoms with Gasteiger partial charge in [-0.25, -0.2) is 0 Å². The van der Waals surface area contributed by atoms with Crippen LogP contribution in [0.15, 0.2) is 12.1 Å². The Labute approximate surface area is 77.5 Å². The van der Waals surface area contributed by atoms with Crippen molar-refractivity contribution in [2.75, 3.05) is 0 Å². The van der Waals surface area contributed by atoms with Gasteiger partial charge in [-0.05, 0) is 42.5 Å². The Bertz CT molecular complexity index is 320. The Morgan fingerprint density at radius 3 is 3.00 bits per heavy atom. The normalized spacial score (nSPS) is 21.1. The summed E-state index contributed by atoms with van der Waals surface area (Å²) in [5, 5.41) is 0.839. The summed E-state index contributed by atoms with van der Waals surface area (Å²) >= 11 is 6.00. The van der Waals surface area contributed by atoms with Gasteiger partial charge in [0.05, 0.1) is 0 Å². The van der Waals surface area contributed by atoms with E-state index in [2.05, 4.69) is 6.07 Å². The molecular formula is C10H12ClN. The second kappa shape index (κ2) is 2.75. The highest BCUT2D eigenvalue weighted by atomic mass is 35.5. The van der Waals surface area contributed by atoms with E-state index in [9.17, 15) is 0 Å². The third-order valence-electron chi connectivity index (χ3n) is 2.54. The van der Waals surface area contributed by atoms with Gasteiger partial charge in [-0.1, -0.05) is 17.7 Å². The molecule has 0 fully saturated rings. The van der Waals surface area contributed by atoms with Crippen LogP contribution >= 0.6 is 11.6 Å². The number of halogens is 1. The van der Waals surface area contributed by atoms with Gasteiger partial charge in [0, 0.05) is 11.1 Å². The number of nitrogens with two attached hydrogens (primary N) is 1. The Hall–Kier alpha value is -0.530. The summed E-state index contributed by atoms with van der Waals surface area (Å²) in [7, 11) is 0. The molecule has 0 spiro atoms. The van der Waals surface area contributed by atoms with Gasteiger partial charge in [-0.3, -0.25) is 0 Å². The van der Waals surface area contributed by atoms with E-state index in [1.807, 2.05) is 13.0 Å². The zero-order valence-corrected chi connectivity index (χ0v) is 7.86. The van der Waals surface area contributed by atoms with Gasteiger partial charge in [0.1, 0.15) is 0 Å². The Kier molecular flexibility index (Phi) is 1.85. The van der Waals surface area contributed by atoms with Gasteiger partial charge in [-0.15, -0.1) is 0 Å². The fourth-order valence-corrected chi connectivity index (χ4v) is 1.96. The molecule has 0 saturated carbocycles. The van der Waals surface area contributed by atoms with Crippen molar-refractivity contribution in [2.24, 2.45) is 5.73 Å². The molecule has 1 nitrogen and oxygen atoms in total.